The van der Waals surface area contributed by atoms with Crippen LogP contribution in [0, 0.1) is 0 Å². The molecule has 0 saturated carbocycles. The third-order valence-corrected chi connectivity index (χ3v) is 13.7. The summed E-state index contributed by atoms with van der Waals surface area (Å²) in [7, 11) is 0. The fourth-order valence-corrected chi connectivity index (χ4v) is 11.2. The van der Waals surface area contributed by atoms with Gasteiger partial charge in [-0.2, -0.15) is 0 Å². The van der Waals surface area contributed by atoms with Crippen molar-refractivity contribution in [2.45, 2.75) is 5.41 Å². The molecule has 11 aromatic carbocycles. The third kappa shape index (κ3) is 4.85. The van der Waals surface area contributed by atoms with Crippen LogP contribution in [0.25, 0.3) is 76.8 Å². The molecule has 2 aliphatic rings. The van der Waals surface area contributed by atoms with E-state index in [2.05, 4.69) is 241 Å². The number of anilines is 3. The summed E-state index contributed by atoms with van der Waals surface area (Å²) in [5.41, 5.74) is 18.2. The van der Waals surface area contributed by atoms with Gasteiger partial charge in [0.2, 0.25) is 0 Å². The standard InChI is InChI=1S/C61H39N/c1-3-18-40(19-4-1)44-29-17-30-45(41-20-5-2-6-21-41)60(44)62(42-34-36-50-48-24-8-7-22-46(48)47-23-9-10-25-49(47)54(50)38-42)43-35-37-59-55(39-43)53-28-13-16-33-58(53)61(59)56-31-14-11-26-51(56)52-27-12-15-32-57(52)61/h1-39H. The van der Waals surface area contributed by atoms with Crippen LogP contribution in [0.3, 0.4) is 0 Å². The SMILES string of the molecule is c1ccc(-c2cccc(-c3ccccc3)c2N(c2ccc3c(c2)-c2ccccc2C32c3ccccc3-c3ccccc32)c2ccc3c4ccccc4c4ccccc4c3c2)cc1. The second-order valence-electron chi connectivity index (χ2n) is 16.7. The Hall–Kier alpha value is -8.00. The van der Waals surface area contributed by atoms with Gasteiger partial charge in [0.05, 0.1) is 11.1 Å². The van der Waals surface area contributed by atoms with Crippen LogP contribution in [0.4, 0.5) is 17.1 Å². The first-order valence-corrected chi connectivity index (χ1v) is 21.6. The molecule has 1 spiro atoms. The molecule has 0 saturated heterocycles. The number of nitrogens with zero attached hydrogens (tertiary/aromatic N) is 1. The maximum atomic E-state index is 2.54. The second kappa shape index (κ2) is 13.5. The van der Waals surface area contributed by atoms with E-state index in [1.165, 1.54) is 99.1 Å². The smallest absolute Gasteiger partial charge is 0.0725 e. The van der Waals surface area contributed by atoms with E-state index in [-0.39, 0.29) is 0 Å². The van der Waals surface area contributed by atoms with Crippen molar-refractivity contribution in [2.75, 3.05) is 4.90 Å². The molecule has 11 aromatic rings. The number of para-hydroxylation sites is 1. The van der Waals surface area contributed by atoms with Crippen LogP contribution < -0.4 is 4.90 Å². The zero-order valence-corrected chi connectivity index (χ0v) is 34.0. The Morgan fingerprint density at radius 2 is 0.613 bits per heavy atom. The lowest BCUT2D eigenvalue weighted by molar-refractivity contribution is 0.794. The summed E-state index contributed by atoms with van der Waals surface area (Å²) in [6.07, 6.45) is 0. The number of hydrogen-bond acceptors (Lipinski definition) is 1. The summed E-state index contributed by atoms with van der Waals surface area (Å²) in [5, 5.41) is 7.57. The molecule has 288 valence electrons. The van der Waals surface area contributed by atoms with Crippen LogP contribution in [0.5, 0.6) is 0 Å². The van der Waals surface area contributed by atoms with Gasteiger partial charge in [0, 0.05) is 22.5 Å². The molecule has 0 N–H and O–H groups in total. The minimum atomic E-state index is -0.414. The van der Waals surface area contributed by atoms with Crippen molar-refractivity contribution in [2.24, 2.45) is 0 Å². The van der Waals surface area contributed by atoms with E-state index in [4.69, 9.17) is 0 Å². The molecule has 62 heavy (non-hydrogen) atoms. The molecule has 0 aliphatic heterocycles. The molecular formula is C61H39N. The topological polar surface area (TPSA) is 3.24 Å². The predicted octanol–water partition coefficient (Wildman–Crippen LogP) is 16.3. The minimum Gasteiger partial charge on any atom is -0.309 e. The zero-order chi connectivity index (χ0) is 40.8. The summed E-state index contributed by atoms with van der Waals surface area (Å²) in [6, 6.07) is 87.9. The van der Waals surface area contributed by atoms with Crippen molar-refractivity contribution in [1.29, 1.82) is 0 Å². The average molecular weight is 786 g/mol. The molecule has 13 rings (SSSR count). The van der Waals surface area contributed by atoms with E-state index in [1.54, 1.807) is 0 Å². The molecule has 2 aliphatic carbocycles. The zero-order valence-electron chi connectivity index (χ0n) is 34.0. The van der Waals surface area contributed by atoms with Crippen LogP contribution in [0.15, 0.2) is 237 Å². The highest BCUT2D eigenvalue weighted by molar-refractivity contribution is 6.26. The Kier molecular flexibility index (Phi) is 7.59. The van der Waals surface area contributed by atoms with Gasteiger partial charge in [-0.15, -0.1) is 0 Å². The van der Waals surface area contributed by atoms with Crippen LogP contribution >= 0.6 is 0 Å². The van der Waals surface area contributed by atoms with Gasteiger partial charge in [0.25, 0.3) is 0 Å². The minimum absolute atomic E-state index is 0.414. The summed E-state index contributed by atoms with van der Waals surface area (Å²) in [4.78, 5) is 2.54. The van der Waals surface area contributed by atoms with Gasteiger partial charge in [-0.3, -0.25) is 0 Å². The van der Waals surface area contributed by atoms with Crippen LogP contribution in [-0.4, -0.2) is 0 Å². The van der Waals surface area contributed by atoms with Gasteiger partial charge in [0.15, 0.2) is 0 Å². The molecule has 0 atom stereocenters. The summed E-state index contributed by atoms with van der Waals surface area (Å²) in [5.74, 6) is 0. The van der Waals surface area contributed by atoms with Gasteiger partial charge >= 0.3 is 0 Å². The van der Waals surface area contributed by atoms with Crippen molar-refractivity contribution in [3.8, 4) is 44.5 Å². The number of hydrogen-bond donors (Lipinski definition) is 0. The molecule has 0 unspecified atom stereocenters. The van der Waals surface area contributed by atoms with E-state index in [1.807, 2.05) is 0 Å². The number of benzene rings is 11. The van der Waals surface area contributed by atoms with E-state index >= 15 is 0 Å². The maximum absolute atomic E-state index is 2.54. The molecular weight excluding hydrogens is 747 g/mol. The highest BCUT2D eigenvalue weighted by atomic mass is 15.1. The molecule has 1 heteroatoms. The number of fused-ring (bicyclic) bond motifs is 16. The first-order chi connectivity index (χ1) is 30.8. The first-order valence-electron chi connectivity index (χ1n) is 21.6. The molecule has 0 fully saturated rings. The van der Waals surface area contributed by atoms with Crippen molar-refractivity contribution in [1.82, 2.24) is 0 Å². The maximum Gasteiger partial charge on any atom is 0.0725 e. The largest absolute Gasteiger partial charge is 0.309 e. The van der Waals surface area contributed by atoms with Gasteiger partial charge < -0.3 is 4.90 Å². The fourth-order valence-electron chi connectivity index (χ4n) is 11.2. The van der Waals surface area contributed by atoms with Crippen molar-refractivity contribution in [3.63, 3.8) is 0 Å². The van der Waals surface area contributed by atoms with Gasteiger partial charge in [-0.25, -0.2) is 0 Å². The third-order valence-electron chi connectivity index (χ3n) is 13.7. The van der Waals surface area contributed by atoms with Gasteiger partial charge in [-0.1, -0.05) is 212 Å². The fraction of sp³-hybridized carbons (Fsp3) is 0.0164. The quantitative estimate of drug-likeness (QED) is 0.157. The Morgan fingerprint density at radius 1 is 0.242 bits per heavy atom. The van der Waals surface area contributed by atoms with E-state index in [0.29, 0.717) is 0 Å². The Labute approximate surface area is 361 Å². The highest BCUT2D eigenvalue weighted by Crippen LogP contribution is 2.63. The van der Waals surface area contributed by atoms with Gasteiger partial charge in [-0.05, 0) is 112 Å². The van der Waals surface area contributed by atoms with Crippen LogP contribution in [0.1, 0.15) is 22.3 Å². The van der Waals surface area contributed by atoms with Crippen molar-refractivity contribution in [3.05, 3.63) is 259 Å². The van der Waals surface area contributed by atoms with Gasteiger partial charge in [0.1, 0.15) is 0 Å². The second-order valence-corrected chi connectivity index (χ2v) is 16.7. The van der Waals surface area contributed by atoms with Crippen LogP contribution in [0.2, 0.25) is 0 Å². The lowest BCUT2D eigenvalue weighted by Gasteiger charge is -2.32. The highest BCUT2D eigenvalue weighted by Gasteiger charge is 2.51. The van der Waals surface area contributed by atoms with E-state index < -0.39 is 5.41 Å². The summed E-state index contributed by atoms with van der Waals surface area (Å²) in [6.45, 7) is 0. The van der Waals surface area contributed by atoms with Crippen molar-refractivity contribution >= 4 is 49.4 Å². The Bertz CT molecular complexity index is 3440. The Morgan fingerprint density at radius 3 is 1.15 bits per heavy atom. The molecule has 0 aromatic heterocycles. The summed E-state index contributed by atoms with van der Waals surface area (Å²) >= 11 is 0. The Balaban J connectivity index is 1.14. The molecule has 0 radical (unpaired) electrons. The summed E-state index contributed by atoms with van der Waals surface area (Å²) < 4.78 is 0. The lowest BCUT2D eigenvalue weighted by Crippen LogP contribution is -2.25. The lowest BCUT2D eigenvalue weighted by atomic mass is 9.70. The normalized spacial score (nSPS) is 13.0. The van der Waals surface area contributed by atoms with E-state index in [0.717, 1.165) is 17.1 Å². The average Bonchev–Trinajstić information content (AvgIpc) is 3.82. The molecule has 0 heterocycles. The number of rotatable bonds is 5. The monoisotopic (exact) mass is 785 g/mol. The first kappa shape index (κ1) is 34.8. The molecule has 0 amide bonds. The van der Waals surface area contributed by atoms with Crippen molar-refractivity contribution < 1.29 is 0 Å². The molecule has 1 nitrogen and oxygen atoms in total. The molecule has 0 bridgehead atoms. The van der Waals surface area contributed by atoms with Crippen LogP contribution in [-0.2, 0) is 5.41 Å². The van der Waals surface area contributed by atoms with E-state index in [9.17, 15) is 0 Å². The predicted molar refractivity (Wildman–Crippen MR) is 261 cm³/mol.